The van der Waals surface area contributed by atoms with Crippen LogP contribution in [0.5, 0.6) is 0 Å². The molecular formula is C18H30O2. The van der Waals surface area contributed by atoms with Crippen LogP contribution in [0.25, 0.3) is 0 Å². The third kappa shape index (κ3) is 1.83. The molecule has 0 spiro atoms. The Labute approximate surface area is 123 Å². The van der Waals surface area contributed by atoms with E-state index in [0.29, 0.717) is 0 Å². The number of hydrogen-bond donors (Lipinski definition) is 2. The zero-order chi connectivity index (χ0) is 13.9. The first kappa shape index (κ1) is 13.6. The van der Waals surface area contributed by atoms with E-state index in [2.05, 4.69) is 6.92 Å². The van der Waals surface area contributed by atoms with Crippen molar-refractivity contribution in [2.75, 3.05) is 0 Å². The predicted octanol–water partition coefficient (Wildman–Crippen LogP) is 3.36. The normalized spacial score (nSPS) is 58.6. The molecule has 0 aliphatic heterocycles. The minimum absolute atomic E-state index is 0.0186. The quantitative estimate of drug-likeness (QED) is 0.713. The molecule has 0 heterocycles. The van der Waals surface area contributed by atoms with Crippen LogP contribution in [0.3, 0.4) is 0 Å². The molecule has 0 aromatic heterocycles. The van der Waals surface area contributed by atoms with Gasteiger partial charge in [-0.3, -0.25) is 0 Å². The van der Waals surface area contributed by atoms with Gasteiger partial charge in [0.1, 0.15) is 0 Å². The second kappa shape index (κ2) is 4.71. The van der Waals surface area contributed by atoms with E-state index in [-0.39, 0.29) is 17.6 Å². The highest BCUT2D eigenvalue weighted by molar-refractivity contribution is 5.06. The molecule has 2 N–H and O–H groups in total. The summed E-state index contributed by atoms with van der Waals surface area (Å²) in [7, 11) is 0. The van der Waals surface area contributed by atoms with E-state index in [1.165, 1.54) is 38.5 Å². The molecule has 4 aliphatic carbocycles. The van der Waals surface area contributed by atoms with Crippen LogP contribution in [-0.4, -0.2) is 22.4 Å². The van der Waals surface area contributed by atoms with Gasteiger partial charge < -0.3 is 10.2 Å². The number of aliphatic hydroxyl groups excluding tert-OH is 2. The van der Waals surface area contributed by atoms with Crippen molar-refractivity contribution in [1.29, 1.82) is 0 Å². The molecule has 4 fully saturated rings. The summed E-state index contributed by atoms with van der Waals surface area (Å²) in [6.07, 6.45) is 10.9. The molecule has 8 atom stereocenters. The van der Waals surface area contributed by atoms with Crippen molar-refractivity contribution in [1.82, 2.24) is 0 Å². The van der Waals surface area contributed by atoms with Crippen LogP contribution in [0.2, 0.25) is 0 Å². The summed E-state index contributed by atoms with van der Waals surface area (Å²) in [5.74, 6) is 4.26. The van der Waals surface area contributed by atoms with Gasteiger partial charge in [-0.2, -0.15) is 0 Å². The fraction of sp³-hybridized carbons (Fsp3) is 1.00. The minimum atomic E-state index is -0.0423. The van der Waals surface area contributed by atoms with E-state index in [1.807, 2.05) is 0 Å². The maximum absolute atomic E-state index is 10.4. The smallest absolute Gasteiger partial charge is 0.0596 e. The lowest BCUT2D eigenvalue weighted by molar-refractivity contribution is -0.0913. The first-order valence-electron chi connectivity index (χ1n) is 8.95. The summed E-state index contributed by atoms with van der Waals surface area (Å²) in [6, 6.07) is 0. The molecule has 1 unspecified atom stereocenters. The molecule has 0 amide bonds. The zero-order valence-electron chi connectivity index (χ0n) is 12.8. The van der Waals surface area contributed by atoms with Crippen LogP contribution < -0.4 is 0 Å². The Morgan fingerprint density at radius 1 is 0.800 bits per heavy atom. The highest BCUT2D eigenvalue weighted by atomic mass is 16.3. The van der Waals surface area contributed by atoms with Gasteiger partial charge in [0, 0.05) is 0 Å². The minimum Gasteiger partial charge on any atom is -0.393 e. The van der Waals surface area contributed by atoms with Crippen molar-refractivity contribution in [2.24, 2.45) is 35.0 Å². The summed E-state index contributed by atoms with van der Waals surface area (Å²) >= 11 is 0. The summed E-state index contributed by atoms with van der Waals surface area (Å²) in [5, 5.41) is 20.3. The van der Waals surface area contributed by atoms with E-state index in [1.54, 1.807) is 0 Å². The van der Waals surface area contributed by atoms with Crippen molar-refractivity contribution in [3.8, 4) is 0 Å². The Morgan fingerprint density at radius 2 is 1.60 bits per heavy atom. The number of fused-ring (bicyclic) bond motifs is 5. The van der Waals surface area contributed by atoms with E-state index in [0.717, 1.165) is 48.9 Å². The van der Waals surface area contributed by atoms with E-state index >= 15 is 0 Å². The molecule has 0 saturated heterocycles. The predicted molar refractivity (Wildman–Crippen MR) is 79.1 cm³/mol. The monoisotopic (exact) mass is 278 g/mol. The molecule has 114 valence electrons. The lowest BCUT2D eigenvalue weighted by Gasteiger charge is -2.55. The largest absolute Gasteiger partial charge is 0.393 e. The Bertz CT molecular complexity index is 382. The van der Waals surface area contributed by atoms with Crippen molar-refractivity contribution in [2.45, 2.75) is 76.9 Å². The Morgan fingerprint density at radius 3 is 2.45 bits per heavy atom. The summed E-state index contributed by atoms with van der Waals surface area (Å²) in [4.78, 5) is 0. The average molecular weight is 278 g/mol. The van der Waals surface area contributed by atoms with Crippen molar-refractivity contribution >= 4 is 0 Å². The van der Waals surface area contributed by atoms with Crippen LogP contribution in [0, 0.1) is 35.0 Å². The highest BCUT2D eigenvalue weighted by Gasteiger charge is 2.56. The van der Waals surface area contributed by atoms with Crippen LogP contribution in [0.15, 0.2) is 0 Å². The Balaban J connectivity index is 1.57. The van der Waals surface area contributed by atoms with Crippen molar-refractivity contribution < 1.29 is 10.2 Å². The lowest BCUT2D eigenvalue weighted by atomic mass is 9.50. The molecule has 20 heavy (non-hydrogen) atoms. The third-order valence-electron chi connectivity index (χ3n) is 7.88. The topological polar surface area (TPSA) is 40.5 Å². The van der Waals surface area contributed by atoms with Crippen molar-refractivity contribution in [3.63, 3.8) is 0 Å². The Kier molecular flexibility index (Phi) is 3.20. The first-order chi connectivity index (χ1) is 9.59. The summed E-state index contributed by atoms with van der Waals surface area (Å²) in [6.45, 7) is 2.36. The van der Waals surface area contributed by atoms with Gasteiger partial charge in [0.15, 0.2) is 0 Å². The van der Waals surface area contributed by atoms with Gasteiger partial charge in [-0.15, -0.1) is 0 Å². The molecule has 0 radical (unpaired) electrons. The molecule has 0 aromatic rings. The van der Waals surface area contributed by atoms with Crippen LogP contribution in [0.1, 0.15) is 64.7 Å². The standard InChI is InChI=1S/C18H30O2/c1-18-9-8-14-13-5-3-12(19)10-11(13)2-4-15(14)16(18)6-7-17(18)20/h11-17,19-20H,2-10H2,1H3/t11-,12?,13+,14-,15-,16+,17-,18+/m1/s1. The van der Waals surface area contributed by atoms with E-state index < -0.39 is 0 Å². The van der Waals surface area contributed by atoms with Crippen LogP contribution in [-0.2, 0) is 0 Å². The van der Waals surface area contributed by atoms with Crippen molar-refractivity contribution in [3.05, 3.63) is 0 Å². The number of hydrogen-bond acceptors (Lipinski definition) is 2. The van der Waals surface area contributed by atoms with E-state index in [4.69, 9.17) is 0 Å². The third-order valence-corrected chi connectivity index (χ3v) is 7.88. The van der Waals surface area contributed by atoms with Gasteiger partial charge in [0.05, 0.1) is 12.2 Å². The van der Waals surface area contributed by atoms with Gasteiger partial charge in [-0.25, -0.2) is 0 Å². The number of aliphatic hydroxyl groups is 2. The summed E-state index contributed by atoms with van der Waals surface area (Å²) < 4.78 is 0. The second-order valence-corrected chi connectivity index (χ2v) is 8.54. The maximum Gasteiger partial charge on any atom is 0.0596 e. The molecule has 0 aromatic carbocycles. The molecule has 4 rings (SSSR count). The molecule has 2 heteroatoms. The second-order valence-electron chi connectivity index (χ2n) is 8.54. The molecule has 4 aliphatic rings. The highest BCUT2D eigenvalue weighted by Crippen LogP contribution is 2.62. The number of rotatable bonds is 0. The SMILES string of the molecule is C[C@]12CC[C@H]3[C@@H](CC[C@@H]4CC(O)CC[C@@H]43)[C@@H]1CC[C@H]2O. The van der Waals surface area contributed by atoms with E-state index in [9.17, 15) is 10.2 Å². The Hall–Kier alpha value is -0.0800. The molecular weight excluding hydrogens is 248 g/mol. The van der Waals surface area contributed by atoms with Gasteiger partial charge >= 0.3 is 0 Å². The first-order valence-corrected chi connectivity index (χ1v) is 8.95. The maximum atomic E-state index is 10.4. The summed E-state index contributed by atoms with van der Waals surface area (Å²) in [5.41, 5.74) is 0.224. The fourth-order valence-corrected chi connectivity index (χ4v) is 6.80. The van der Waals surface area contributed by atoms with Crippen LogP contribution in [0.4, 0.5) is 0 Å². The zero-order valence-corrected chi connectivity index (χ0v) is 12.8. The van der Waals surface area contributed by atoms with Crippen LogP contribution >= 0.6 is 0 Å². The molecule has 2 nitrogen and oxygen atoms in total. The van der Waals surface area contributed by atoms with Gasteiger partial charge in [-0.1, -0.05) is 6.92 Å². The molecule has 0 bridgehead atoms. The van der Waals surface area contributed by atoms with Gasteiger partial charge in [0.2, 0.25) is 0 Å². The lowest BCUT2D eigenvalue weighted by Crippen LogP contribution is -2.49. The average Bonchev–Trinajstić information content (AvgIpc) is 2.74. The van der Waals surface area contributed by atoms with Gasteiger partial charge in [-0.05, 0) is 92.8 Å². The fourth-order valence-electron chi connectivity index (χ4n) is 6.80. The van der Waals surface area contributed by atoms with Gasteiger partial charge in [0.25, 0.3) is 0 Å². The molecule has 4 saturated carbocycles.